The Labute approximate surface area is 168 Å². The van der Waals surface area contributed by atoms with Gasteiger partial charge in [-0.1, -0.05) is 24.3 Å². The standard InChI is InChI=1S/C22H19N3O3S/c1-15-10-11-25-14-21(23-22(25)12-15)18-4-3-5-19(13-18)24-29(27,28)20-8-6-17(7-9-20)16(2)26/h3-14,24H,1-2H3. The summed E-state index contributed by atoms with van der Waals surface area (Å²) in [4.78, 5) is 16.1. The number of sulfonamides is 1. The zero-order chi connectivity index (χ0) is 20.6. The first-order chi connectivity index (χ1) is 13.8. The molecule has 2 aromatic carbocycles. The lowest BCUT2D eigenvalue weighted by molar-refractivity contribution is 0.101. The van der Waals surface area contributed by atoms with E-state index >= 15 is 0 Å². The number of carbonyl (C=O) groups excluding carboxylic acids is 1. The predicted molar refractivity (Wildman–Crippen MR) is 113 cm³/mol. The molecule has 7 heteroatoms. The maximum Gasteiger partial charge on any atom is 0.261 e. The highest BCUT2D eigenvalue weighted by molar-refractivity contribution is 7.92. The Morgan fingerprint density at radius 1 is 1.03 bits per heavy atom. The molecular weight excluding hydrogens is 386 g/mol. The number of pyridine rings is 1. The highest BCUT2D eigenvalue weighted by Crippen LogP contribution is 2.24. The molecule has 0 aliphatic heterocycles. The summed E-state index contributed by atoms with van der Waals surface area (Å²) in [6.45, 7) is 3.45. The van der Waals surface area contributed by atoms with Crippen molar-refractivity contribution in [3.63, 3.8) is 0 Å². The number of nitrogens with one attached hydrogen (secondary N) is 1. The lowest BCUT2D eigenvalue weighted by Gasteiger charge is -2.09. The molecule has 4 aromatic rings. The third-order valence-electron chi connectivity index (χ3n) is 4.60. The Morgan fingerprint density at radius 3 is 2.52 bits per heavy atom. The molecule has 2 heterocycles. The molecule has 0 fully saturated rings. The molecule has 0 aliphatic rings. The van der Waals surface area contributed by atoms with E-state index in [2.05, 4.69) is 9.71 Å². The van der Waals surface area contributed by atoms with Gasteiger partial charge < -0.3 is 4.40 Å². The molecule has 1 N–H and O–H groups in total. The number of Topliss-reactive ketones (excluding diaryl/α,β-unsaturated/α-hetero) is 1. The van der Waals surface area contributed by atoms with Crippen molar-refractivity contribution < 1.29 is 13.2 Å². The van der Waals surface area contributed by atoms with E-state index in [-0.39, 0.29) is 10.7 Å². The molecular formula is C22H19N3O3S. The van der Waals surface area contributed by atoms with Crippen LogP contribution in [0.25, 0.3) is 16.9 Å². The van der Waals surface area contributed by atoms with Gasteiger partial charge >= 0.3 is 0 Å². The van der Waals surface area contributed by atoms with Gasteiger partial charge in [-0.15, -0.1) is 0 Å². The molecule has 0 radical (unpaired) electrons. The smallest absolute Gasteiger partial charge is 0.261 e. The van der Waals surface area contributed by atoms with Crippen molar-refractivity contribution in [1.82, 2.24) is 9.38 Å². The van der Waals surface area contributed by atoms with Crippen LogP contribution in [0.1, 0.15) is 22.8 Å². The number of ketones is 1. The number of hydrogen-bond donors (Lipinski definition) is 1. The minimum absolute atomic E-state index is 0.0936. The SMILES string of the molecule is CC(=O)c1ccc(S(=O)(=O)Nc2cccc(-c3cn4ccc(C)cc4n3)c2)cc1. The van der Waals surface area contributed by atoms with E-state index < -0.39 is 10.0 Å². The van der Waals surface area contributed by atoms with Crippen LogP contribution in [0, 0.1) is 6.92 Å². The summed E-state index contributed by atoms with van der Waals surface area (Å²) in [5.41, 5.74) is 4.41. The van der Waals surface area contributed by atoms with Crippen LogP contribution in [-0.4, -0.2) is 23.6 Å². The van der Waals surface area contributed by atoms with Crippen LogP contribution in [0.4, 0.5) is 5.69 Å². The van der Waals surface area contributed by atoms with Gasteiger partial charge in [0, 0.05) is 29.2 Å². The predicted octanol–water partition coefficient (Wildman–Crippen LogP) is 4.31. The van der Waals surface area contributed by atoms with Gasteiger partial charge in [-0.3, -0.25) is 9.52 Å². The molecule has 29 heavy (non-hydrogen) atoms. The topological polar surface area (TPSA) is 80.5 Å². The van der Waals surface area contributed by atoms with E-state index in [0.717, 1.165) is 22.5 Å². The highest BCUT2D eigenvalue weighted by atomic mass is 32.2. The van der Waals surface area contributed by atoms with E-state index in [1.165, 1.54) is 31.2 Å². The van der Waals surface area contributed by atoms with Crippen molar-refractivity contribution in [2.24, 2.45) is 0 Å². The number of anilines is 1. The molecule has 0 spiro atoms. The average Bonchev–Trinajstić information content (AvgIpc) is 3.11. The minimum atomic E-state index is -3.77. The van der Waals surface area contributed by atoms with E-state index in [1.54, 1.807) is 18.2 Å². The van der Waals surface area contributed by atoms with Crippen molar-refractivity contribution in [3.8, 4) is 11.3 Å². The average molecular weight is 405 g/mol. The first-order valence-corrected chi connectivity index (χ1v) is 10.5. The number of carbonyl (C=O) groups is 1. The Balaban J connectivity index is 1.63. The van der Waals surface area contributed by atoms with Gasteiger partial charge in [-0.25, -0.2) is 13.4 Å². The Bertz CT molecular complexity index is 1320. The van der Waals surface area contributed by atoms with Crippen LogP contribution in [0.3, 0.4) is 0 Å². The molecule has 6 nitrogen and oxygen atoms in total. The Hall–Kier alpha value is -3.45. The van der Waals surface area contributed by atoms with E-state index in [0.29, 0.717) is 11.3 Å². The zero-order valence-electron chi connectivity index (χ0n) is 16.0. The Kier molecular flexibility index (Phi) is 4.68. The normalized spacial score (nSPS) is 11.5. The van der Waals surface area contributed by atoms with E-state index in [9.17, 15) is 13.2 Å². The first-order valence-electron chi connectivity index (χ1n) is 9.01. The largest absolute Gasteiger partial charge is 0.306 e. The Morgan fingerprint density at radius 2 is 1.79 bits per heavy atom. The molecule has 0 saturated carbocycles. The van der Waals surface area contributed by atoms with Crippen LogP contribution in [0.5, 0.6) is 0 Å². The monoisotopic (exact) mass is 405 g/mol. The molecule has 4 rings (SSSR count). The van der Waals surface area contributed by atoms with Crippen LogP contribution < -0.4 is 4.72 Å². The molecule has 0 saturated heterocycles. The fourth-order valence-electron chi connectivity index (χ4n) is 3.05. The van der Waals surface area contributed by atoms with Crippen LogP contribution >= 0.6 is 0 Å². The third-order valence-corrected chi connectivity index (χ3v) is 5.99. The molecule has 0 bridgehead atoms. The quantitative estimate of drug-likeness (QED) is 0.502. The number of benzene rings is 2. The van der Waals surface area contributed by atoms with Crippen molar-refractivity contribution in [2.45, 2.75) is 18.7 Å². The lowest BCUT2D eigenvalue weighted by atomic mass is 10.1. The number of hydrogen-bond acceptors (Lipinski definition) is 4. The van der Waals surface area contributed by atoms with Gasteiger partial charge in [-0.2, -0.15) is 0 Å². The number of fused-ring (bicyclic) bond motifs is 1. The van der Waals surface area contributed by atoms with Crippen LogP contribution in [0.15, 0.2) is 78.0 Å². The summed E-state index contributed by atoms with van der Waals surface area (Å²) in [5, 5.41) is 0. The third kappa shape index (κ3) is 3.90. The second-order valence-corrected chi connectivity index (χ2v) is 8.54. The lowest BCUT2D eigenvalue weighted by Crippen LogP contribution is -2.13. The van der Waals surface area contributed by atoms with Gasteiger partial charge in [0.2, 0.25) is 0 Å². The van der Waals surface area contributed by atoms with Gasteiger partial charge in [-0.05, 0) is 55.8 Å². The fourth-order valence-corrected chi connectivity index (χ4v) is 4.10. The summed E-state index contributed by atoms with van der Waals surface area (Å²) in [6, 6.07) is 16.9. The van der Waals surface area contributed by atoms with E-state index in [1.807, 2.05) is 41.9 Å². The number of imidazole rings is 1. The number of aryl methyl sites for hydroxylation is 1. The van der Waals surface area contributed by atoms with E-state index in [4.69, 9.17) is 0 Å². The minimum Gasteiger partial charge on any atom is -0.306 e. The van der Waals surface area contributed by atoms with Crippen molar-refractivity contribution in [2.75, 3.05) is 4.72 Å². The number of rotatable bonds is 5. The van der Waals surface area contributed by atoms with Gasteiger partial charge in [0.1, 0.15) is 5.65 Å². The van der Waals surface area contributed by atoms with Crippen molar-refractivity contribution >= 4 is 27.1 Å². The summed E-state index contributed by atoms with van der Waals surface area (Å²) < 4.78 is 29.9. The molecule has 0 unspecified atom stereocenters. The summed E-state index contributed by atoms with van der Waals surface area (Å²) >= 11 is 0. The zero-order valence-corrected chi connectivity index (χ0v) is 16.8. The maximum absolute atomic E-state index is 12.7. The molecule has 0 amide bonds. The molecule has 146 valence electrons. The second kappa shape index (κ2) is 7.18. The summed E-state index contributed by atoms with van der Waals surface area (Å²) in [6.07, 6.45) is 3.85. The number of nitrogens with zero attached hydrogens (tertiary/aromatic N) is 2. The molecule has 0 aliphatic carbocycles. The van der Waals surface area contributed by atoms with Gasteiger partial charge in [0.05, 0.1) is 10.6 Å². The van der Waals surface area contributed by atoms with Crippen LogP contribution in [-0.2, 0) is 10.0 Å². The van der Waals surface area contributed by atoms with Gasteiger partial charge in [0.25, 0.3) is 10.0 Å². The molecule has 0 atom stereocenters. The van der Waals surface area contributed by atoms with Gasteiger partial charge in [0.15, 0.2) is 5.78 Å². The number of aromatic nitrogens is 2. The van der Waals surface area contributed by atoms with Crippen molar-refractivity contribution in [3.05, 3.63) is 84.2 Å². The van der Waals surface area contributed by atoms with Crippen molar-refractivity contribution in [1.29, 1.82) is 0 Å². The summed E-state index contributed by atoms with van der Waals surface area (Å²) in [5.74, 6) is -0.114. The first kappa shape index (κ1) is 18.9. The fraction of sp³-hybridized carbons (Fsp3) is 0.0909. The highest BCUT2D eigenvalue weighted by Gasteiger charge is 2.15. The second-order valence-electron chi connectivity index (χ2n) is 6.86. The molecule has 2 aromatic heterocycles. The van der Waals surface area contributed by atoms with Crippen LogP contribution in [0.2, 0.25) is 0 Å². The maximum atomic E-state index is 12.7. The summed E-state index contributed by atoms with van der Waals surface area (Å²) in [7, 11) is -3.77.